The highest BCUT2D eigenvalue weighted by atomic mass is 79.9. The maximum Gasteiger partial charge on any atom is 0.374 e. The first kappa shape index (κ1) is 69.0. The van der Waals surface area contributed by atoms with Gasteiger partial charge in [-0.2, -0.15) is 0 Å². The number of nitrogens with zero attached hydrogens (tertiary/aromatic N) is 3. The van der Waals surface area contributed by atoms with Gasteiger partial charge < -0.3 is 67.5 Å². The number of phenolic OH excluding ortho intramolecular Hbond substituents is 1. The number of aldehydes is 1. The largest absolute Gasteiger partial charge is 0.502 e. The Balaban J connectivity index is 0.000000949. The van der Waals surface area contributed by atoms with Crippen molar-refractivity contribution < 1.29 is 95.7 Å². The molecule has 28 heteroatoms. The second-order valence-electron chi connectivity index (χ2n) is 14.2. The van der Waals surface area contributed by atoms with E-state index < -0.39 is 48.9 Å². The van der Waals surface area contributed by atoms with Gasteiger partial charge in [0.15, 0.2) is 11.9 Å². The summed E-state index contributed by atoms with van der Waals surface area (Å²) in [6, 6.07) is 16.1. The van der Waals surface area contributed by atoms with Crippen LogP contribution < -0.4 is 24.7 Å². The first-order valence-corrected chi connectivity index (χ1v) is 22.3. The molecule has 27 nitrogen and oxygen atoms in total. The summed E-state index contributed by atoms with van der Waals surface area (Å²) in [5.74, 6) is -0.305. The summed E-state index contributed by atoms with van der Waals surface area (Å²) >= 11 is 2.86. The molecule has 0 aliphatic heterocycles. The van der Waals surface area contributed by atoms with Crippen molar-refractivity contribution in [2.45, 2.75) is 61.1 Å². The van der Waals surface area contributed by atoms with Gasteiger partial charge in [0.2, 0.25) is 27.5 Å². The minimum absolute atomic E-state index is 0. The maximum atomic E-state index is 11.5. The number of rotatable bonds is 16. The third-order valence-electron chi connectivity index (χ3n) is 9.39. The lowest BCUT2D eigenvalue weighted by Crippen LogP contribution is -2.28. The zero-order chi connectivity index (χ0) is 56.1. The number of benzene rings is 4. The van der Waals surface area contributed by atoms with E-state index in [-0.39, 0.29) is 101 Å². The fraction of sp³-hybridized carbons (Fsp3) is 0.320. The molecule has 0 fully saturated rings. The third-order valence-corrected chi connectivity index (χ3v) is 10.1. The number of nitro benzene ring substituents is 3. The Morgan fingerprint density at radius 1 is 0.590 bits per heavy atom. The summed E-state index contributed by atoms with van der Waals surface area (Å²) < 4.78 is 49.3. The van der Waals surface area contributed by atoms with Gasteiger partial charge in [-0.25, -0.2) is 4.79 Å². The van der Waals surface area contributed by atoms with Crippen LogP contribution in [0.15, 0.2) is 80.0 Å². The number of aliphatic hydroxyl groups excluding tert-OH is 2. The van der Waals surface area contributed by atoms with Gasteiger partial charge in [-0.3, -0.25) is 44.7 Å². The van der Waals surface area contributed by atoms with Crippen molar-refractivity contribution in [3.05, 3.63) is 120 Å². The molecular formula is C50H61BrN4O23. The summed E-state index contributed by atoms with van der Waals surface area (Å²) in [5, 5.41) is 61.0. The number of alkyl halides is 1. The number of non-ortho nitro benzene ring substituents is 2. The van der Waals surface area contributed by atoms with E-state index in [2.05, 4.69) is 25.4 Å². The normalized spacial score (nSPS) is 9.83. The van der Waals surface area contributed by atoms with E-state index in [1.165, 1.54) is 45.6 Å². The predicted octanol–water partition coefficient (Wildman–Crippen LogP) is 9.79. The van der Waals surface area contributed by atoms with E-state index in [0.717, 1.165) is 11.5 Å². The number of hydrogen-bond donors (Lipinski definition) is 4. The maximum absolute atomic E-state index is 11.5. The van der Waals surface area contributed by atoms with E-state index in [9.17, 15) is 54.6 Å². The van der Waals surface area contributed by atoms with E-state index in [1.807, 2.05) is 6.07 Å². The van der Waals surface area contributed by atoms with E-state index in [4.69, 9.17) is 52.9 Å². The quantitative estimate of drug-likeness (QED) is 0.0102. The van der Waals surface area contributed by atoms with Gasteiger partial charge in [0.1, 0.15) is 47.7 Å². The second kappa shape index (κ2) is 33.1. The highest BCUT2D eigenvalue weighted by Gasteiger charge is 2.26. The Labute approximate surface area is 453 Å². The first-order chi connectivity index (χ1) is 35.7. The third kappa shape index (κ3) is 18.4. The number of halogens is 1. The molecule has 0 aliphatic rings. The number of carbonyl (C=O) groups excluding carboxylic acids is 4. The molecule has 0 amide bonds. The van der Waals surface area contributed by atoms with Gasteiger partial charge >= 0.3 is 35.0 Å². The summed E-state index contributed by atoms with van der Waals surface area (Å²) in [4.78, 5) is 73.0. The van der Waals surface area contributed by atoms with Crippen LogP contribution in [0.1, 0.15) is 75.5 Å². The van der Waals surface area contributed by atoms with Gasteiger partial charge in [-0.05, 0) is 63.2 Å². The molecular weight excluding hydrogens is 1100 g/mol. The zero-order valence-corrected chi connectivity index (χ0v) is 42.4. The number of fused-ring (bicyclic) bond motifs is 3. The minimum Gasteiger partial charge on any atom is -0.502 e. The number of nitrogens with two attached hydrogens (primary N) is 1. The molecule has 0 saturated heterocycles. The first-order valence-electron chi connectivity index (χ1n) is 21.4. The Kier molecular flexibility index (Phi) is 29.3. The molecule has 426 valence electrons. The van der Waals surface area contributed by atoms with Gasteiger partial charge in [0, 0.05) is 22.2 Å². The van der Waals surface area contributed by atoms with Crippen LogP contribution in [-0.4, -0.2) is 107 Å². The number of methoxy groups -OCH3 is 4. The van der Waals surface area contributed by atoms with Crippen LogP contribution in [0, 0.1) is 30.3 Å². The van der Waals surface area contributed by atoms with E-state index >= 15 is 0 Å². The van der Waals surface area contributed by atoms with E-state index in [0.29, 0.717) is 51.3 Å². The van der Waals surface area contributed by atoms with Crippen LogP contribution in [0.5, 0.6) is 28.7 Å². The number of phenols is 1. The molecule has 0 atom stereocenters. The van der Waals surface area contributed by atoms with Crippen LogP contribution in [-0.2, 0) is 37.0 Å². The predicted molar refractivity (Wildman–Crippen MR) is 287 cm³/mol. The average molecular weight is 1170 g/mol. The Morgan fingerprint density at radius 3 is 1.36 bits per heavy atom. The number of aliphatic hydroxyl groups is 2. The van der Waals surface area contributed by atoms with Crippen molar-refractivity contribution >= 4 is 95.8 Å². The molecule has 0 bridgehead atoms. The number of hydrogen-bond acceptors (Lipinski definition) is 24. The molecule has 0 radical (unpaired) electrons. The molecule has 4 aromatic carbocycles. The summed E-state index contributed by atoms with van der Waals surface area (Å²) in [7, 11) is 5.72. The number of nitro groups is 3. The van der Waals surface area contributed by atoms with Gasteiger partial charge in [-0.1, -0.05) is 38.2 Å². The number of carbonyl (C=O) groups is 4. The molecule has 0 unspecified atom stereocenters. The lowest BCUT2D eigenvalue weighted by Gasteiger charge is -2.07. The average Bonchev–Trinajstić information content (AvgIpc) is 4.16. The number of nitrogen functional groups attached to an aromatic ring is 1. The number of esters is 3. The number of ether oxygens (including phenoxy) is 7. The van der Waals surface area contributed by atoms with Crippen molar-refractivity contribution in [1.82, 2.24) is 0 Å². The summed E-state index contributed by atoms with van der Waals surface area (Å²) in [5.41, 5.74) is 5.87. The van der Waals surface area contributed by atoms with Gasteiger partial charge in [0.05, 0.1) is 92.5 Å². The van der Waals surface area contributed by atoms with Crippen molar-refractivity contribution in [3.8, 4) is 28.7 Å². The zero-order valence-electron chi connectivity index (χ0n) is 40.8. The molecule has 7 rings (SSSR count). The lowest BCUT2D eigenvalue weighted by atomic mass is 10.2. The van der Waals surface area contributed by atoms with Crippen molar-refractivity contribution in [2.24, 2.45) is 0 Å². The fourth-order valence-electron chi connectivity index (χ4n) is 6.05. The van der Waals surface area contributed by atoms with Crippen LogP contribution in [0.2, 0.25) is 0 Å². The topological polar surface area (TPSA) is 388 Å². The molecule has 78 heavy (non-hydrogen) atoms. The minimum atomic E-state index is -1.00. The van der Waals surface area contributed by atoms with Gasteiger partial charge in [-0.15, -0.1) is 0 Å². The lowest BCUT2D eigenvalue weighted by molar-refractivity contribution is -0.386. The Hall–Kier alpha value is -9.02. The molecule has 3 aromatic heterocycles. The molecule has 5 N–H and O–H groups in total. The Morgan fingerprint density at radius 2 is 0.962 bits per heavy atom. The highest BCUT2D eigenvalue weighted by Crippen LogP contribution is 2.36. The summed E-state index contributed by atoms with van der Waals surface area (Å²) in [6.07, 6.45) is 0.324. The smallest absolute Gasteiger partial charge is 0.374 e. The van der Waals surface area contributed by atoms with Gasteiger partial charge in [0.25, 0.3) is 0 Å². The van der Waals surface area contributed by atoms with Crippen LogP contribution in [0.3, 0.4) is 0 Å². The second-order valence-corrected chi connectivity index (χ2v) is 15.1. The summed E-state index contributed by atoms with van der Waals surface area (Å²) in [6.45, 7) is 5.27. The number of anilines is 1. The molecule has 7 aromatic rings. The van der Waals surface area contributed by atoms with Crippen molar-refractivity contribution in [3.63, 3.8) is 0 Å². The molecule has 0 aliphatic carbocycles. The fourth-order valence-corrected chi connectivity index (χ4v) is 6.31. The standard InChI is InChI=1S/C12H11NO6.C10H9NO5.C10H11NO3.C8H7NO5.C7H11BrO4.3CH4/c1-3-18-12(14)10-5-7-4-8(17-2)6-9(13(15)16)11(7)19-10;1-15-7-2-6-3-8(5-12)16-10(6)9(4-7)11(13)14;1-13-7-2-6-3-8(5-12)14-10(6)9(11)4-7;1-14-6-2-5(4-10)8(11)7(3-6)9(12)13;1-3-11-6(9)5(8)7(10)12-4-2;;;/h4-6H,3H2,1-2H3;2-4,12H,5H2,1H3;2-4,12H,5,11H2,1H3;2-4,11H,1H3;5H,3-4H2,1-2H3;3*1H4. The Bertz CT molecular complexity index is 3130. The number of furan rings is 3. The molecule has 3 heterocycles. The monoisotopic (exact) mass is 1160 g/mol. The van der Waals surface area contributed by atoms with Crippen molar-refractivity contribution in [2.75, 3.05) is 54.0 Å². The molecule has 0 saturated carbocycles. The van der Waals surface area contributed by atoms with Crippen LogP contribution >= 0.6 is 15.9 Å². The van der Waals surface area contributed by atoms with Crippen LogP contribution in [0.4, 0.5) is 22.7 Å². The van der Waals surface area contributed by atoms with E-state index in [1.54, 1.807) is 58.2 Å². The van der Waals surface area contributed by atoms with Crippen LogP contribution in [0.25, 0.3) is 32.9 Å². The SMILES string of the molecule is C.C.C.CCOC(=O)C(Br)C(=O)OCC.CCOC(=O)c1cc2cc(OC)cc([N+](=O)[O-])c2o1.COc1cc(C=O)c(O)c([N+](=O)[O-])c1.COc1cc(N)c2oc(CO)cc2c1.COc1cc([N+](=O)[O-])c2oc(CO)cc2c1. The molecule has 0 spiro atoms. The van der Waals surface area contributed by atoms with Crippen molar-refractivity contribution in [1.29, 1.82) is 0 Å². The number of aromatic hydroxyl groups is 1. The highest BCUT2D eigenvalue weighted by molar-refractivity contribution is 9.10.